The molecule has 0 heterocycles. The van der Waals surface area contributed by atoms with Gasteiger partial charge in [0.25, 0.3) is 0 Å². The largest absolute Gasteiger partial charge is 0.395 e. The van der Waals surface area contributed by atoms with Crippen LogP contribution >= 0.6 is 0 Å². The molecule has 3 nitrogen and oxygen atoms in total. The lowest BCUT2D eigenvalue weighted by atomic mass is 9.47. The van der Waals surface area contributed by atoms with E-state index >= 15 is 0 Å². The fourth-order valence-corrected chi connectivity index (χ4v) is 6.63. The van der Waals surface area contributed by atoms with E-state index < -0.39 is 0 Å². The fourth-order valence-electron chi connectivity index (χ4n) is 6.63. The van der Waals surface area contributed by atoms with Crippen LogP contribution in [0.3, 0.4) is 0 Å². The van der Waals surface area contributed by atoms with E-state index in [0.29, 0.717) is 24.2 Å². The third-order valence-electron chi connectivity index (χ3n) is 7.92. The van der Waals surface area contributed by atoms with Gasteiger partial charge in [-0.3, -0.25) is 4.79 Å². The Morgan fingerprint density at radius 2 is 1.95 bits per heavy atom. The number of aliphatic hydroxyl groups excluding tert-OH is 2. The van der Waals surface area contributed by atoms with Crippen LogP contribution in [0.2, 0.25) is 0 Å². The molecule has 0 aromatic carbocycles. The molecule has 3 fully saturated rings. The van der Waals surface area contributed by atoms with Gasteiger partial charge in [0, 0.05) is 11.8 Å². The van der Waals surface area contributed by atoms with Crippen molar-refractivity contribution in [2.45, 2.75) is 64.4 Å². The lowest BCUT2D eigenvalue weighted by molar-refractivity contribution is -0.120. The van der Waals surface area contributed by atoms with E-state index in [4.69, 9.17) is 0 Å². The Kier molecular flexibility index (Phi) is 3.32. The minimum atomic E-state index is -0.145. The predicted octanol–water partition coefficient (Wildman–Crippen LogP) is 2.85. The van der Waals surface area contributed by atoms with Crippen molar-refractivity contribution in [3.05, 3.63) is 11.6 Å². The minimum absolute atomic E-state index is 0.0868. The third-order valence-corrected chi connectivity index (χ3v) is 7.92. The van der Waals surface area contributed by atoms with Crippen molar-refractivity contribution in [1.29, 1.82) is 0 Å². The smallest absolute Gasteiger partial charge is 0.155 e. The average molecular weight is 304 g/mol. The van der Waals surface area contributed by atoms with Gasteiger partial charge in [0.1, 0.15) is 0 Å². The summed E-state index contributed by atoms with van der Waals surface area (Å²) in [4.78, 5) is 11.8. The molecule has 0 aromatic rings. The highest BCUT2D eigenvalue weighted by Crippen LogP contribution is 2.65. The Hall–Kier alpha value is -0.670. The standard InChI is InChI=1S/C19H28O3/c1-18-8-7-16-14(15(18)4-5-17(18)22)3-2-12-10-13(21)6-9-19(12,16)11-20/h10,14-17,20,22H,2-9,11H2,1H3/t14-,15-,16+,17-,18+,19+/m0/s1. The summed E-state index contributed by atoms with van der Waals surface area (Å²) >= 11 is 0. The quantitative estimate of drug-likeness (QED) is 0.783. The molecule has 0 aromatic heterocycles. The zero-order valence-corrected chi connectivity index (χ0v) is 13.6. The summed E-state index contributed by atoms with van der Waals surface area (Å²) < 4.78 is 0. The molecule has 0 unspecified atom stereocenters. The van der Waals surface area contributed by atoms with Crippen molar-refractivity contribution < 1.29 is 15.0 Å². The summed E-state index contributed by atoms with van der Waals surface area (Å²) in [6.45, 7) is 2.48. The maximum Gasteiger partial charge on any atom is 0.155 e. The number of carbonyl (C=O) groups excluding carboxylic acids is 1. The molecule has 6 atom stereocenters. The highest BCUT2D eigenvalue weighted by Gasteiger charge is 2.59. The Morgan fingerprint density at radius 1 is 1.14 bits per heavy atom. The monoisotopic (exact) mass is 304 g/mol. The Bertz CT molecular complexity index is 525. The van der Waals surface area contributed by atoms with Crippen LogP contribution in [0.25, 0.3) is 0 Å². The summed E-state index contributed by atoms with van der Waals surface area (Å²) in [5, 5.41) is 20.7. The number of carbonyl (C=O) groups is 1. The number of fused-ring (bicyclic) bond motifs is 5. The molecule has 0 spiro atoms. The topological polar surface area (TPSA) is 57.5 Å². The van der Waals surface area contributed by atoms with E-state index in [0.717, 1.165) is 44.9 Å². The second kappa shape index (κ2) is 4.91. The number of rotatable bonds is 1. The number of aliphatic hydroxyl groups is 2. The molecule has 22 heavy (non-hydrogen) atoms. The van der Waals surface area contributed by atoms with Gasteiger partial charge in [0.15, 0.2) is 5.78 Å². The second-order valence-corrected chi connectivity index (χ2v) is 8.50. The summed E-state index contributed by atoms with van der Waals surface area (Å²) in [5.74, 6) is 1.97. The van der Waals surface area contributed by atoms with E-state index in [-0.39, 0.29) is 29.3 Å². The minimum Gasteiger partial charge on any atom is -0.395 e. The molecular formula is C19H28O3. The molecular weight excluding hydrogens is 276 g/mol. The van der Waals surface area contributed by atoms with Gasteiger partial charge in [0.2, 0.25) is 0 Å². The first kappa shape index (κ1) is 14.9. The van der Waals surface area contributed by atoms with Crippen LogP contribution in [0.5, 0.6) is 0 Å². The molecule has 4 aliphatic carbocycles. The van der Waals surface area contributed by atoms with Gasteiger partial charge in [0.05, 0.1) is 12.7 Å². The van der Waals surface area contributed by atoms with E-state index in [1.165, 1.54) is 5.57 Å². The van der Waals surface area contributed by atoms with Gasteiger partial charge in [-0.05, 0) is 74.2 Å². The number of hydrogen-bond acceptors (Lipinski definition) is 3. The third kappa shape index (κ3) is 1.78. The van der Waals surface area contributed by atoms with Gasteiger partial charge in [-0.25, -0.2) is 0 Å². The van der Waals surface area contributed by atoms with Crippen molar-refractivity contribution in [3.63, 3.8) is 0 Å². The SMILES string of the molecule is C[C@@]12CC[C@@H]3[C@@H](CCC4=CC(=O)CC[C@@]43CO)[C@@H]1CC[C@@H]2O. The molecule has 3 heteroatoms. The summed E-state index contributed by atoms with van der Waals surface area (Å²) in [7, 11) is 0. The van der Waals surface area contributed by atoms with E-state index in [2.05, 4.69) is 6.92 Å². The van der Waals surface area contributed by atoms with Crippen molar-refractivity contribution in [3.8, 4) is 0 Å². The van der Waals surface area contributed by atoms with Gasteiger partial charge < -0.3 is 10.2 Å². The maximum absolute atomic E-state index is 11.8. The van der Waals surface area contributed by atoms with Crippen molar-refractivity contribution in [1.82, 2.24) is 0 Å². The van der Waals surface area contributed by atoms with Crippen LogP contribution in [0, 0.1) is 28.6 Å². The molecule has 0 radical (unpaired) electrons. The van der Waals surface area contributed by atoms with Gasteiger partial charge in [-0.15, -0.1) is 0 Å². The first-order valence-electron chi connectivity index (χ1n) is 9.04. The van der Waals surface area contributed by atoms with Crippen molar-refractivity contribution in [2.24, 2.45) is 28.6 Å². The normalized spacial score (nSPS) is 50.9. The van der Waals surface area contributed by atoms with E-state index in [1.807, 2.05) is 6.08 Å². The lowest BCUT2D eigenvalue weighted by Crippen LogP contribution is -2.53. The maximum atomic E-state index is 11.8. The van der Waals surface area contributed by atoms with Crippen molar-refractivity contribution in [2.75, 3.05) is 6.61 Å². The molecule has 0 bridgehead atoms. The van der Waals surface area contributed by atoms with Crippen LogP contribution in [0.1, 0.15) is 58.3 Å². The Morgan fingerprint density at radius 3 is 2.73 bits per heavy atom. The molecule has 2 N–H and O–H groups in total. The highest BCUT2D eigenvalue weighted by atomic mass is 16.3. The first-order chi connectivity index (χ1) is 10.5. The summed E-state index contributed by atoms with van der Waals surface area (Å²) in [6, 6.07) is 0. The second-order valence-electron chi connectivity index (χ2n) is 8.50. The molecule has 0 aliphatic heterocycles. The van der Waals surface area contributed by atoms with Crippen LogP contribution in [-0.2, 0) is 4.79 Å². The molecule has 122 valence electrons. The summed E-state index contributed by atoms with van der Waals surface area (Å²) in [5.41, 5.74) is 1.18. The molecule has 0 amide bonds. The Balaban J connectivity index is 1.71. The van der Waals surface area contributed by atoms with Gasteiger partial charge >= 0.3 is 0 Å². The lowest BCUT2D eigenvalue weighted by Gasteiger charge is -2.58. The van der Waals surface area contributed by atoms with Gasteiger partial charge in [-0.2, -0.15) is 0 Å². The zero-order chi connectivity index (χ0) is 15.5. The Labute approximate surface area is 132 Å². The molecule has 0 saturated heterocycles. The van der Waals surface area contributed by atoms with E-state index in [9.17, 15) is 15.0 Å². The number of hydrogen-bond donors (Lipinski definition) is 2. The van der Waals surface area contributed by atoms with Crippen LogP contribution in [0.15, 0.2) is 11.6 Å². The highest BCUT2D eigenvalue weighted by molar-refractivity contribution is 5.91. The first-order valence-corrected chi connectivity index (χ1v) is 9.04. The predicted molar refractivity (Wildman–Crippen MR) is 84.1 cm³/mol. The number of ketones is 1. The van der Waals surface area contributed by atoms with Crippen LogP contribution in [0.4, 0.5) is 0 Å². The van der Waals surface area contributed by atoms with Crippen LogP contribution < -0.4 is 0 Å². The fraction of sp³-hybridized carbons (Fsp3) is 0.842. The van der Waals surface area contributed by atoms with Crippen molar-refractivity contribution >= 4 is 5.78 Å². The molecule has 4 aliphatic rings. The molecule has 4 rings (SSSR count). The molecule has 3 saturated carbocycles. The van der Waals surface area contributed by atoms with Crippen LogP contribution in [-0.4, -0.2) is 28.7 Å². The average Bonchev–Trinajstić information content (AvgIpc) is 2.82. The van der Waals surface area contributed by atoms with Gasteiger partial charge in [-0.1, -0.05) is 12.5 Å². The van der Waals surface area contributed by atoms with E-state index in [1.54, 1.807) is 0 Å². The zero-order valence-electron chi connectivity index (χ0n) is 13.6. The summed E-state index contributed by atoms with van der Waals surface area (Å²) in [6.07, 6.45) is 9.49.